The van der Waals surface area contributed by atoms with E-state index >= 15 is 0 Å². The maximum Gasteiger partial charge on any atom is 0.306 e. The fourth-order valence-corrected chi connectivity index (χ4v) is 5.95. The molecule has 39 heavy (non-hydrogen) atoms. The Labute approximate surface area is 235 Å². The van der Waals surface area contributed by atoms with E-state index in [0.29, 0.717) is 31.4 Å². The first-order chi connectivity index (χ1) is 18.2. The van der Waals surface area contributed by atoms with E-state index in [9.17, 15) is 14.4 Å². The number of hydrogen-bond acceptors (Lipinski definition) is 8. The Bertz CT molecular complexity index is 974. The van der Waals surface area contributed by atoms with Crippen molar-refractivity contribution < 1.29 is 28.6 Å². The number of nitrogens with zero attached hydrogens (tertiary/aromatic N) is 2. The van der Waals surface area contributed by atoms with Gasteiger partial charge in [0.15, 0.2) is 5.78 Å². The Balaban J connectivity index is 2.61. The second-order valence-corrected chi connectivity index (χ2v) is 11.6. The first kappa shape index (κ1) is 32.9. The van der Waals surface area contributed by atoms with Crippen molar-refractivity contribution >= 4 is 23.8 Å². The molecule has 0 N–H and O–H groups in total. The summed E-state index contributed by atoms with van der Waals surface area (Å²) in [7, 11) is 1.63. The second-order valence-electron chi connectivity index (χ2n) is 11.6. The third kappa shape index (κ3) is 7.66. The van der Waals surface area contributed by atoms with E-state index in [2.05, 4.69) is 4.99 Å². The number of methoxy groups -OCH3 is 1. The number of cyclic esters (lactones) is 1. The molecule has 0 radical (unpaired) electrons. The van der Waals surface area contributed by atoms with Crippen molar-refractivity contribution in [1.82, 2.24) is 4.90 Å². The minimum absolute atomic E-state index is 0.0101. The van der Waals surface area contributed by atoms with Gasteiger partial charge in [0.05, 0.1) is 18.6 Å². The van der Waals surface area contributed by atoms with Crippen molar-refractivity contribution in [3.63, 3.8) is 0 Å². The third-order valence-corrected chi connectivity index (χ3v) is 8.94. The van der Waals surface area contributed by atoms with Gasteiger partial charge >= 0.3 is 5.97 Å². The lowest BCUT2D eigenvalue weighted by atomic mass is 9.72. The van der Waals surface area contributed by atoms with Crippen LogP contribution in [0.3, 0.4) is 0 Å². The van der Waals surface area contributed by atoms with Crippen molar-refractivity contribution in [2.75, 3.05) is 13.7 Å². The molecule has 8 atom stereocenters. The Morgan fingerprint density at radius 1 is 1.15 bits per heavy atom. The Hall–Kier alpha value is -2.32. The number of esters is 1. The van der Waals surface area contributed by atoms with E-state index in [1.165, 1.54) is 0 Å². The lowest BCUT2D eigenvalue weighted by Crippen LogP contribution is -2.50. The monoisotopic (exact) mass is 546 g/mol. The topological polar surface area (TPSA) is 94.5 Å². The Morgan fingerprint density at radius 2 is 1.82 bits per heavy atom. The minimum atomic E-state index is -1.05. The molecule has 8 heteroatoms. The zero-order valence-corrected chi connectivity index (χ0v) is 25.7. The van der Waals surface area contributed by atoms with Crippen molar-refractivity contribution in [3.05, 3.63) is 24.0 Å². The van der Waals surface area contributed by atoms with Crippen LogP contribution in [0, 0.1) is 23.7 Å². The van der Waals surface area contributed by atoms with E-state index in [1.807, 2.05) is 65.6 Å². The molecule has 0 fully saturated rings. The number of ketones is 2. The largest absolute Gasteiger partial charge is 0.459 e. The average Bonchev–Trinajstić information content (AvgIpc) is 2.93. The van der Waals surface area contributed by atoms with Crippen LogP contribution in [0.25, 0.3) is 0 Å². The van der Waals surface area contributed by atoms with Gasteiger partial charge in [-0.2, -0.15) is 0 Å². The van der Waals surface area contributed by atoms with Crippen LogP contribution in [-0.2, 0) is 28.6 Å². The third-order valence-electron chi connectivity index (χ3n) is 8.94. The van der Waals surface area contributed by atoms with Gasteiger partial charge in [0, 0.05) is 43.5 Å². The summed E-state index contributed by atoms with van der Waals surface area (Å²) in [6, 6.07) is 0. The molecule has 220 valence electrons. The van der Waals surface area contributed by atoms with Crippen LogP contribution in [-0.4, -0.2) is 65.8 Å². The molecular weight excluding hydrogens is 496 g/mol. The molecule has 0 amide bonds. The first-order valence-corrected chi connectivity index (χ1v) is 14.4. The lowest BCUT2D eigenvalue weighted by Gasteiger charge is -2.42. The fraction of sp³-hybridized carbons (Fsp3) is 0.742. The highest BCUT2D eigenvalue weighted by Crippen LogP contribution is 2.38. The summed E-state index contributed by atoms with van der Waals surface area (Å²) >= 11 is 0. The molecule has 2 rings (SSSR count). The number of aliphatic imine (C=N–C) groups is 1. The molecule has 1 unspecified atom stereocenters. The average molecular weight is 547 g/mol. The number of carbonyl (C=O) groups excluding carboxylic acids is 3. The molecule has 0 spiro atoms. The van der Waals surface area contributed by atoms with Crippen molar-refractivity contribution in [1.29, 1.82) is 0 Å². The summed E-state index contributed by atoms with van der Waals surface area (Å²) in [5.41, 5.74) is -1.20. The molecule has 0 aromatic heterocycles. The van der Waals surface area contributed by atoms with Gasteiger partial charge in [-0.25, -0.2) is 0 Å². The maximum absolute atomic E-state index is 13.7. The molecule has 0 saturated carbocycles. The molecule has 0 saturated heterocycles. The van der Waals surface area contributed by atoms with Crippen molar-refractivity contribution in [3.8, 4) is 0 Å². The van der Waals surface area contributed by atoms with Crippen LogP contribution < -0.4 is 0 Å². The smallest absolute Gasteiger partial charge is 0.306 e. The first-order valence-electron chi connectivity index (χ1n) is 14.4. The molecular formula is C31H50N2O6. The van der Waals surface area contributed by atoms with Crippen LogP contribution in [0.15, 0.2) is 29.0 Å². The van der Waals surface area contributed by atoms with E-state index in [0.717, 1.165) is 0 Å². The van der Waals surface area contributed by atoms with Gasteiger partial charge in [-0.1, -0.05) is 41.5 Å². The molecule has 8 nitrogen and oxygen atoms in total. The summed E-state index contributed by atoms with van der Waals surface area (Å²) in [4.78, 5) is 46.5. The standard InChI is InChI=1S/C31H50N2O6/c1-11-26-31(12-2,39-25(8)33-15-13-32-14-16-33)19-22(5)28(35)21(4)18-30(9,37-10)24(7)23(6)29(36)20(3)17-27(34)38-26/h13-15,19-21,23-26H,11-12,16-18H2,1-10H3/t20-,21+,23+,24+,25?,26+,30-,31-/m0/s1. The minimum Gasteiger partial charge on any atom is -0.459 e. The van der Waals surface area contributed by atoms with Gasteiger partial charge < -0.3 is 19.1 Å². The number of Topliss-reactive ketones (excluding diaryl/α,β-unsaturated/α-hetero) is 2. The molecule has 2 aliphatic rings. The van der Waals surface area contributed by atoms with Gasteiger partial charge in [0.1, 0.15) is 23.7 Å². The van der Waals surface area contributed by atoms with Gasteiger partial charge in [0.25, 0.3) is 0 Å². The molecule has 0 aliphatic carbocycles. The highest BCUT2D eigenvalue weighted by molar-refractivity contribution is 5.96. The second kappa shape index (κ2) is 13.8. The van der Waals surface area contributed by atoms with Crippen LogP contribution in [0.1, 0.15) is 88.0 Å². The zero-order chi connectivity index (χ0) is 29.5. The number of carbonyl (C=O) groups is 3. The molecule has 0 bridgehead atoms. The molecule has 2 aliphatic heterocycles. The van der Waals surface area contributed by atoms with Gasteiger partial charge in [-0.05, 0) is 57.6 Å². The van der Waals surface area contributed by atoms with Crippen LogP contribution >= 0.6 is 0 Å². The zero-order valence-electron chi connectivity index (χ0n) is 25.7. The molecule has 0 aromatic rings. The SMILES string of the molecule is CC[C@H]1OC(=O)C[C@H](C)C(=O)[C@H](C)[C@@H](C)[C@@](C)(OC)C[C@@H](C)C(=O)C(C)=C[C@]1(CC)OC(C)N1C=CN=CC1. The van der Waals surface area contributed by atoms with E-state index in [-0.39, 0.29) is 42.0 Å². The normalized spacial score (nSPS) is 36.2. The number of allylic oxidation sites excluding steroid dienone is 1. The summed E-state index contributed by atoms with van der Waals surface area (Å²) in [5.74, 6) is -1.86. The molecule has 2 heterocycles. The summed E-state index contributed by atoms with van der Waals surface area (Å²) < 4.78 is 18.7. The predicted octanol–water partition coefficient (Wildman–Crippen LogP) is 5.51. The van der Waals surface area contributed by atoms with Gasteiger partial charge in [-0.3, -0.25) is 19.4 Å². The van der Waals surface area contributed by atoms with E-state index in [4.69, 9.17) is 14.2 Å². The Morgan fingerprint density at radius 3 is 2.36 bits per heavy atom. The quantitative estimate of drug-likeness (QED) is 0.406. The number of hydrogen-bond donors (Lipinski definition) is 0. The summed E-state index contributed by atoms with van der Waals surface area (Å²) in [6.45, 7) is 17.8. The number of ether oxygens (including phenoxy) is 3. The van der Waals surface area contributed by atoms with Crippen LogP contribution in [0.4, 0.5) is 0 Å². The lowest BCUT2D eigenvalue weighted by molar-refractivity contribution is -0.187. The van der Waals surface area contributed by atoms with Crippen LogP contribution in [0.5, 0.6) is 0 Å². The fourth-order valence-electron chi connectivity index (χ4n) is 5.95. The van der Waals surface area contributed by atoms with Crippen molar-refractivity contribution in [2.24, 2.45) is 28.7 Å². The highest BCUT2D eigenvalue weighted by Gasteiger charge is 2.44. The van der Waals surface area contributed by atoms with Gasteiger partial charge in [0.2, 0.25) is 0 Å². The Kier molecular flexibility index (Phi) is 11.7. The van der Waals surface area contributed by atoms with Crippen molar-refractivity contribution in [2.45, 2.75) is 112 Å². The van der Waals surface area contributed by atoms with E-state index in [1.54, 1.807) is 33.4 Å². The predicted molar refractivity (Wildman–Crippen MR) is 153 cm³/mol. The molecule has 0 aromatic carbocycles. The van der Waals surface area contributed by atoms with E-state index < -0.39 is 29.2 Å². The maximum atomic E-state index is 13.7. The summed E-state index contributed by atoms with van der Waals surface area (Å²) in [5, 5.41) is 0. The highest BCUT2D eigenvalue weighted by atomic mass is 16.6. The number of rotatable bonds is 6. The summed E-state index contributed by atoms with van der Waals surface area (Å²) in [6.07, 6.45) is 7.59. The van der Waals surface area contributed by atoms with Gasteiger partial charge in [-0.15, -0.1) is 0 Å². The van der Waals surface area contributed by atoms with Crippen LogP contribution in [0.2, 0.25) is 0 Å².